The Morgan fingerprint density at radius 3 is 2.48 bits per heavy atom. The van der Waals surface area contributed by atoms with Gasteiger partial charge in [-0.2, -0.15) is 0 Å². The number of benzene rings is 1. The third-order valence-electron chi connectivity index (χ3n) is 4.95. The van der Waals surface area contributed by atoms with Gasteiger partial charge in [0.1, 0.15) is 6.10 Å². The van der Waals surface area contributed by atoms with Crippen molar-refractivity contribution in [2.45, 2.75) is 57.2 Å². The number of ether oxygens (including phenoxy) is 1. The van der Waals surface area contributed by atoms with Gasteiger partial charge in [0, 0.05) is 12.1 Å². The zero-order valence-electron chi connectivity index (χ0n) is 12.7. The first kappa shape index (κ1) is 16.3. The summed E-state index contributed by atoms with van der Waals surface area (Å²) < 4.78 is 5.71. The minimum atomic E-state index is -0.0757. The molecular weight excluding hydrogens is 286 g/mol. The first-order valence-corrected chi connectivity index (χ1v) is 7.59. The fourth-order valence-electron chi connectivity index (χ4n) is 3.65. The molecule has 2 atom stereocenters. The molecule has 4 heteroatoms. The Labute approximate surface area is 133 Å². The molecule has 2 saturated heterocycles. The lowest BCUT2D eigenvalue weighted by molar-refractivity contribution is -0.151. The molecule has 3 rings (SSSR count). The molecule has 0 N–H and O–H groups in total. The molecule has 116 valence electrons. The molecule has 1 aromatic rings. The molecule has 0 saturated carbocycles. The van der Waals surface area contributed by atoms with E-state index in [1.54, 1.807) is 0 Å². The van der Waals surface area contributed by atoms with Gasteiger partial charge in [-0.25, -0.2) is 0 Å². The molecule has 3 nitrogen and oxygen atoms in total. The minimum Gasteiger partial charge on any atom is -0.462 e. The Morgan fingerprint density at radius 2 is 1.86 bits per heavy atom. The van der Waals surface area contributed by atoms with Crippen molar-refractivity contribution in [3.8, 4) is 0 Å². The maximum atomic E-state index is 12.1. The molecule has 2 fully saturated rings. The summed E-state index contributed by atoms with van der Waals surface area (Å²) in [6.07, 6.45) is 5.05. The number of rotatable bonds is 3. The molecular formula is C17H24ClNO2. The number of carbonyl (C=O) groups is 1. The van der Waals surface area contributed by atoms with Crippen LogP contribution in [0.15, 0.2) is 24.3 Å². The summed E-state index contributed by atoms with van der Waals surface area (Å²) in [6.45, 7) is 2.04. The number of hydrogen-bond acceptors (Lipinski definition) is 3. The van der Waals surface area contributed by atoms with Crippen LogP contribution in [-0.2, 0) is 16.0 Å². The van der Waals surface area contributed by atoms with Gasteiger partial charge in [0.25, 0.3) is 0 Å². The van der Waals surface area contributed by atoms with Crippen molar-refractivity contribution in [3.05, 3.63) is 35.4 Å². The lowest BCUT2D eigenvalue weighted by atomic mass is 10.0. The number of fused-ring (bicyclic) bond motifs is 2. The second-order valence-electron chi connectivity index (χ2n) is 6.24. The predicted octanol–water partition coefficient (Wildman–Crippen LogP) is 3.13. The molecule has 0 radical (unpaired) electrons. The number of halogens is 1. The van der Waals surface area contributed by atoms with Crippen molar-refractivity contribution in [1.82, 2.24) is 4.90 Å². The second kappa shape index (κ2) is 6.80. The number of hydrogen-bond donors (Lipinski definition) is 0. The van der Waals surface area contributed by atoms with Gasteiger partial charge >= 0.3 is 5.97 Å². The SMILES string of the molecule is Cc1ccccc1CC(=O)OC1C[C@H]2CC[C@H](C1)N2C.Cl. The van der Waals surface area contributed by atoms with E-state index in [9.17, 15) is 4.79 Å². The summed E-state index contributed by atoms with van der Waals surface area (Å²) in [4.78, 5) is 14.6. The largest absolute Gasteiger partial charge is 0.462 e. The summed E-state index contributed by atoms with van der Waals surface area (Å²) in [5, 5.41) is 0. The summed E-state index contributed by atoms with van der Waals surface area (Å²) in [5.41, 5.74) is 2.24. The highest BCUT2D eigenvalue weighted by Crippen LogP contribution is 2.35. The van der Waals surface area contributed by atoms with Crippen LogP contribution in [0.1, 0.15) is 36.8 Å². The van der Waals surface area contributed by atoms with Crippen LogP contribution in [0.5, 0.6) is 0 Å². The zero-order valence-corrected chi connectivity index (χ0v) is 13.6. The summed E-state index contributed by atoms with van der Waals surface area (Å²) in [7, 11) is 2.20. The van der Waals surface area contributed by atoms with E-state index in [1.807, 2.05) is 31.2 Å². The summed E-state index contributed by atoms with van der Waals surface area (Å²) in [6, 6.07) is 9.26. The van der Waals surface area contributed by atoms with E-state index in [1.165, 1.54) is 12.8 Å². The lowest BCUT2D eigenvalue weighted by Crippen LogP contribution is -2.43. The Bertz CT molecular complexity index is 491. The van der Waals surface area contributed by atoms with Crippen LogP contribution < -0.4 is 0 Å². The Balaban J connectivity index is 0.00000161. The molecule has 21 heavy (non-hydrogen) atoms. The molecule has 0 aromatic heterocycles. The van der Waals surface area contributed by atoms with Gasteiger partial charge in [0.2, 0.25) is 0 Å². The van der Waals surface area contributed by atoms with Crippen molar-refractivity contribution < 1.29 is 9.53 Å². The third-order valence-corrected chi connectivity index (χ3v) is 4.95. The van der Waals surface area contributed by atoms with Gasteiger partial charge in [-0.1, -0.05) is 24.3 Å². The Kier molecular flexibility index (Phi) is 5.28. The van der Waals surface area contributed by atoms with Crippen LogP contribution >= 0.6 is 12.4 Å². The standard InChI is InChI=1S/C17H23NO2.ClH/c1-12-5-3-4-6-13(12)9-17(19)20-16-10-14-7-8-15(11-16)18(14)2;/h3-6,14-16H,7-11H2,1-2H3;1H/t14-,15-;/m1./s1. The molecule has 2 aliphatic rings. The molecule has 2 aliphatic heterocycles. The normalized spacial score (nSPS) is 28.0. The monoisotopic (exact) mass is 309 g/mol. The molecule has 0 unspecified atom stereocenters. The fourth-order valence-corrected chi connectivity index (χ4v) is 3.65. The number of piperidine rings is 1. The number of nitrogens with zero attached hydrogens (tertiary/aromatic N) is 1. The van der Waals surface area contributed by atoms with Gasteiger partial charge in [0.05, 0.1) is 6.42 Å². The smallest absolute Gasteiger partial charge is 0.310 e. The van der Waals surface area contributed by atoms with Crippen molar-refractivity contribution >= 4 is 18.4 Å². The first-order chi connectivity index (χ1) is 9.63. The maximum absolute atomic E-state index is 12.1. The van der Waals surface area contributed by atoms with E-state index in [-0.39, 0.29) is 24.5 Å². The number of carbonyl (C=O) groups excluding carboxylic acids is 1. The molecule has 0 aliphatic carbocycles. The molecule has 2 bridgehead atoms. The quantitative estimate of drug-likeness (QED) is 0.803. The number of aryl methyl sites for hydroxylation is 1. The molecule has 0 amide bonds. The van der Waals surface area contributed by atoms with Crippen LogP contribution in [0.3, 0.4) is 0 Å². The highest BCUT2D eigenvalue weighted by atomic mass is 35.5. The average molecular weight is 310 g/mol. The van der Waals surface area contributed by atoms with Crippen molar-refractivity contribution in [1.29, 1.82) is 0 Å². The zero-order chi connectivity index (χ0) is 14.1. The summed E-state index contributed by atoms with van der Waals surface area (Å²) in [5.74, 6) is -0.0757. The van der Waals surface area contributed by atoms with Gasteiger partial charge < -0.3 is 9.64 Å². The van der Waals surface area contributed by atoms with E-state index in [4.69, 9.17) is 4.74 Å². The fraction of sp³-hybridized carbons (Fsp3) is 0.588. The van der Waals surface area contributed by atoms with E-state index >= 15 is 0 Å². The molecule has 2 heterocycles. The Morgan fingerprint density at radius 1 is 1.24 bits per heavy atom. The van der Waals surface area contributed by atoms with Gasteiger partial charge in [0.15, 0.2) is 0 Å². The first-order valence-electron chi connectivity index (χ1n) is 7.59. The van der Waals surface area contributed by atoms with Crippen LogP contribution in [0.4, 0.5) is 0 Å². The summed E-state index contributed by atoms with van der Waals surface area (Å²) >= 11 is 0. The van der Waals surface area contributed by atoms with Crippen molar-refractivity contribution in [2.75, 3.05) is 7.05 Å². The van der Waals surface area contributed by atoms with Crippen LogP contribution in [0.25, 0.3) is 0 Å². The predicted molar refractivity (Wildman–Crippen MR) is 85.8 cm³/mol. The highest BCUT2D eigenvalue weighted by Gasteiger charge is 2.39. The average Bonchev–Trinajstić information content (AvgIpc) is 2.63. The Hall–Kier alpha value is -1.06. The van der Waals surface area contributed by atoms with Gasteiger partial charge in [-0.15, -0.1) is 12.4 Å². The lowest BCUT2D eigenvalue weighted by Gasteiger charge is -2.35. The molecule has 0 spiro atoms. The topological polar surface area (TPSA) is 29.5 Å². The minimum absolute atomic E-state index is 0. The molecule has 1 aromatic carbocycles. The number of esters is 1. The van der Waals surface area contributed by atoms with E-state index < -0.39 is 0 Å². The van der Waals surface area contributed by atoms with E-state index in [0.29, 0.717) is 18.5 Å². The van der Waals surface area contributed by atoms with Crippen LogP contribution in [0, 0.1) is 6.92 Å². The van der Waals surface area contributed by atoms with Crippen molar-refractivity contribution in [3.63, 3.8) is 0 Å². The maximum Gasteiger partial charge on any atom is 0.310 e. The van der Waals surface area contributed by atoms with Crippen molar-refractivity contribution in [2.24, 2.45) is 0 Å². The van der Waals surface area contributed by atoms with E-state index in [0.717, 1.165) is 24.0 Å². The van der Waals surface area contributed by atoms with Crippen LogP contribution in [-0.4, -0.2) is 36.1 Å². The third kappa shape index (κ3) is 3.58. The van der Waals surface area contributed by atoms with E-state index in [2.05, 4.69) is 11.9 Å². The van der Waals surface area contributed by atoms with Crippen LogP contribution in [0.2, 0.25) is 0 Å². The van der Waals surface area contributed by atoms with Gasteiger partial charge in [-0.05, 0) is 50.8 Å². The second-order valence-corrected chi connectivity index (χ2v) is 6.24. The highest BCUT2D eigenvalue weighted by molar-refractivity contribution is 5.85. The van der Waals surface area contributed by atoms with Gasteiger partial charge in [-0.3, -0.25) is 4.79 Å².